The first-order valence-corrected chi connectivity index (χ1v) is 13.3. The number of nitrogens with one attached hydrogen (secondary N) is 2. The Balaban J connectivity index is 1.19. The van der Waals surface area contributed by atoms with Gasteiger partial charge in [0.25, 0.3) is 0 Å². The molecule has 0 bridgehead atoms. The number of aromatic amines is 1. The van der Waals surface area contributed by atoms with Crippen molar-refractivity contribution < 1.29 is 19.0 Å². The molecule has 3 heterocycles. The Morgan fingerprint density at radius 3 is 2.64 bits per heavy atom. The summed E-state index contributed by atoms with van der Waals surface area (Å²) in [7, 11) is 1.61. The largest absolute Gasteiger partial charge is 0.493 e. The van der Waals surface area contributed by atoms with Crippen LogP contribution in [0.5, 0.6) is 11.5 Å². The lowest BCUT2D eigenvalue weighted by Crippen LogP contribution is -2.46. The molecule has 0 atom stereocenters. The molecule has 0 aliphatic carbocycles. The van der Waals surface area contributed by atoms with E-state index in [0.29, 0.717) is 47.4 Å². The van der Waals surface area contributed by atoms with Crippen molar-refractivity contribution in [3.63, 3.8) is 0 Å². The number of ether oxygens (including phenoxy) is 3. The van der Waals surface area contributed by atoms with E-state index in [0.717, 1.165) is 44.5 Å². The van der Waals surface area contributed by atoms with Crippen LogP contribution < -0.4 is 19.7 Å². The van der Waals surface area contributed by atoms with Gasteiger partial charge in [-0.15, -0.1) is 0 Å². The SMILES string of the molecule is CCOC(=O)c1[nH]ccc1Nc1ncnc2cc(OCCCN3CCN(c4ccccc4)CC3)c(OC)cc12. The lowest BCUT2D eigenvalue weighted by atomic mass is 10.2. The first kappa shape index (κ1) is 26.3. The first-order chi connectivity index (χ1) is 19.2. The van der Waals surface area contributed by atoms with Gasteiger partial charge < -0.3 is 29.4 Å². The molecule has 2 N–H and O–H groups in total. The van der Waals surface area contributed by atoms with Gasteiger partial charge in [0.1, 0.15) is 17.8 Å². The molecule has 5 rings (SSSR count). The van der Waals surface area contributed by atoms with Gasteiger partial charge in [-0.3, -0.25) is 4.90 Å². The Labute approximate surface area is 227 Å². The zero-order valence-electron chi connectivity index (χ0n) is 22.4. The molecule has 2 aromatic heterocycles. The molecule has 1 aliphatic heterocycles. The van der Waals surface area contributed by atoms with Gasteiger partial charge in [0, 0.05) is 56.1 Å². The number of para-hydroxylation sites is 1. The van der Waals surface area contributed by atoms with Crippen molar-refractivity contribution in [3.05, 3.63) is 66.7 Å². The number of hydrogen-bond acceptors (Lipinski definition) is 9. The van der Waals surface area contributed by atoms with Crippen molar-refractivity contribution in [2.24, 2.45) is 0 Å². The Kier molecular flexibility index (Phi) is 8.42. The van der Waals surface area contributed by atoms with Crippen molar-refractivity contribution >= 4 is 34.1 Å². The third-order valence-corrected chi connectivity index (χ3v) is 6.77. The standard InChI is InChI=1S/C29H34N6O4/c1-3-38-29(36)27-23(10-11-30-27)33-28-22-18-25(37-2)26(19-24(22)31-20-32-28)39-17-7-12-34-13-15-35(16-14-34)21-8-5-4-6-9-21/h4-6,8-11,18-20,30H,3,7,12-17H2,1-2H3,(H,31,32,33). The summed E-state index contributed by atoms with van der Waals surface area (Å²) in [6.07, 6.45) is 4.06. The summed E-state index contributed by atoms with van der Waals surface area (Å²) in [4.78, 5) is 28.9. The fourth-order valence-corrected chi connectivity index (χ4v) is 4.75. The zero-order chi connectivity index (χ0) is 27.0. The molecule has 0 amide bonds. The topological polar surface area (TPSA) is 105 Å². The van der Waals surface area contributed by atoms with Crippen LogP contribution in [0.1, 0.15) is 23.8 Å². The van der Waals surface area contributed by atoms with E-state index in [-0.39, 0.29) is 0 Å². The van der Waals surface area contributed by atoms with Gasteiger partial charge in [0.15, 0.2) is 11.5 Å². The fraction of sp³-hybridized carbons (Fsp3) is 0.345. The third-order valence-electron chi connectivity index (χ3n) is 6.77. The third kappa shape index (κ3) is 6.23. The van der Waals surface area contributed by atoms with E-state index < -0.39 is 5.97 Å². The molecule has 39 heavy (non-hydrogen) atoms. The minimum absolute atomic E-state index is 0.290. The van der Waals surface area contributed by atoms with Gasteiger partial charge in [-0.2, -0.15) is 0 Å². The quantitative estimate of drug-likeness (QED) is 0.215. The average Bonchev–Trinajstić information content (AvgIpc) is 3.44. The maximum Gasteiger partial charge on any atom is 0.356 e. The second kappa shape index (κ2) is 12.5. The molecule has 4 aromatic rings. The molecule has 1 saturated heterocycles. The highest BCUT2D eigenvalue weighted by atomic mass is 16.5. The van der Waals surface area contributed by atoms with Crippen LogP contribution >= 0.6 is 0 Å². The van der Waals surface area contributed by atoms with Crippen LogP contribution in [0.4, 0.5) is 17.2 Å². The maximum absolute atomic E-state index is 12.3. The Morgan fingerprint density at radius 2 is 1.87 bits per heavy atom. The van der Waals surface area contributed by atoms with Crippen LogP contribution in [0.3, 0.4) is 0 Å². The van der Waals surface area contributed by atoms with Crippen molar-refractivity contribution in [3.8, 4) is 11.5 Å². The van der Waals surface area contributed by atoms with E-state index in [1.54, 1.807) is 26.3 Å². The number of hydrogen-bond donors (Lipinski definition) is 2. The van der Waals surface area contributed by atoms with Crippen molar-refractivity contribution in [2.75, 3.05) is 63.3 Å². The maximum atomic E-state index is 12.3. The summed E-state index contributed by atoms with van der Waals surface area (Å²) < 4.78 is 16.9. The molecule has 0 radical (unpaired) electrons. The highest BCUT2D eigenvalue weighted by Gasteiger charge is 2.18. The van der Waals surface area contributed by atoms with Crippen LogP contribution in [0.15, 0.2) is 61.1 Å². The number of anilines is 3. The van der Waals surface area contributed by atoms with E-state index in [4.69, 9.17) is 14.2 Å². The highest BCUT2D eigenvalue weighted by molar-refractivity contribution is 5.98. The summed E-state index contributed by atoms with van der Waals surface area (Å²) in [6, 6.07) is 16.1. The van der Waals surface area contributed by atoms with Crippen LogP contribution in [0.2, 0.25) is 0 Å². The van der Waals surface area contributed by atoms with E-state index in [9.17, 15) is 4.79 Å². The number of benzene rings is 2. The Hall–Kier alpha value is -4.31. The number of carbonyl (C=O) groups excluding carboxylic acids is 1. The number of nitrogens with zero attached hydrogens (tertiary/aromatic N) is 4. The molecule has 0 unspecified atom stereocenters. The molecule has 0 saturated carbocycles. The molecule has 1 aliphatic rings. The number of piperazine rings is 1. The summed E-state index contributed by atoms with van der Waals surface area (Å²) in [5.74, 6) is 1.34. The predicted octanol–water partition coefficient (Wildman–Crippen LogP) is 4.48. The number of fused-ring (bicyclic) bond motifs is 1. The summed E-state index contributed by atoms with van der Waals surface area (Å²) >= 11 is 0. The first-order valence-electron chi connectivity index (χ1n) is 13.3. The Bertz CT molecular complexity index is 1390. The van der Waals surface area contributed by atoms with Gasteiger partial charge in [-0.1, -0.05) is 18.2 Å². The minimum atomic E-state index is -0.435. The summed E-state index contributed by atoms with van der Waals surface area (Å²) in [5, 5.41) is 3.96. The number of esters is 1. The minimum Gasteiger partial charge on any atom is -0.493 e. The molecule has 0 spiro atoms. The number of rotatable bonds is 11. The molecule has 1 fully saturated rings. The van der Waals surface area contributed by atoms with E-state index in [1.165, 1.54) is 12.0 Å². The summed E-state index contributed by atoms with van der Waals surface area (Å²) in [6.45, 7) is 7.76. The van der Waals surface area contributed by atoms with Crippen LogP contribution in [0, 0.1) is 0 Å². The molecule has 204 valence electrons. The number of H-pyrrole nitrogens is 1. The van der Waals surface area contributed by atoms with Gasteiger partial charge >= 0.3 is 5.97 Å². The lowest BCUT2D eigenvalue weighted by Gasteiger charge is -2.36. The lowest BCUT2D eigenvalue weighted by molar-refractivity contribution is 0.0521. The van der Waals surface area contributed by atoms with Crippen molar-refractivity contribution in [1.82, 2.24) is 19.9 Å². The normalized spacial score (nSPS) is 13.8. The average molecular weight is 531 g/mol. The van der Waals surface area contributed by atoms with E-state index in [1.807, 2.05) is 12.1 Å². The molecular formula is C29H34N6O4. The number of carbonyl (C=O) groups is 1. The molecule has 10 heteroatoms. The van der Waals surface area contributed by atoms with Crippen LogP contribution in [0.25, 0.3) is 10.9 Å². The second-order valence-electron chi connectivity index (χ2n) is 9.22. The van der Waals surface area contributed by atoms with Crippen LogP contribution in [-0.4, -0.2) is 78.9 Å². The highest BCUT2D eigenvalue weighted by Crippen LogP contribution is 2.35. The molecule has 10 nitrogen and oxygen atoms in total. The fourth-order valence-electron chi connectivity index (χ4n) is 4.75. The van der Waals surface area contributed by atoms with E-state index >= 15 is 0 Å². The smallest absolute Gasteiger partial charge is 0.356 e. The van der Waals surface area contributed by atoms with Gasteiger partial charge in [0.2, 0.25) is 0 Å². The monoisotopic (exact) mass is 530 g/mol. The van der Waals surface area contributed by atoms with Crippen molar-refractivity contribution in [2.45, 2.75) is 13.3 Å². The van der Waals surface area contributed by atoms with Gasteiger partial charge in [-0.05, 0) is 37.6 Å². The van der Waals surface area contributed by atoms with Gasteiger partial charge in [0.05, 0.1) is 31.5 Å². The molecular weight excluding hydrogens is 496 g/mol. The Morgan fingerprint density at radius 1 is 1.05 bits per heavy atom. The zero-order valence-corrected chi connectivity index (χ0v) is 22.4. The second-order valence-corrected chi connectivity index (χ2v) is 9.22. The number of aromatic nitrogens is 3. The molecule has 2 aromatic carbocycles. The van der Waals surface area contributed by atoms with E-state index in [2.05, 4.69) is 60.4 Å². The summed E-state index contributed by atoms with van der Waals surface area (Å²) in [5.41, 5.74) is 2.89. The van der Waals surface area contributed by atoms with Gasteiger partial charge in [-0.25, -0.2) is 14.8 Å². The predicted molar refractivity (Wildman–Crippen MR) is 151 cm³/mol. The van der Waals surface area contributed by atoms with Crippen LogP contribution in [-0.2, 0) is 4.74 Å². The number of methoxy groups -OCH3 is 1. The van der Waals surface area contributed by atoms with Crippen molar-refractivity contribution in [1.29, 1.82) is 0 Å².